The zero-order valence-corrected chi connectivity index (χ0v) is 17.3. The minimum Gasteiger partial charge on any atom is -0.339 e. The second-order valence-corrected chi connectivity index (χ2v) is 7.98. The molecule has 1 aliphatic rings. The van der Waals surface area contributed by atoms with E-state index >= 15 is 4.39 Å². The molecule has 0 bridgehead atoms. The molecular formula is C23H22FN7O. The molecular weight excluding hydrogens is 409 g/mol. The van der Waals surface area contributed by atoms with Crippen LogP contribution in [0.2, 0.25) is 0 Å². The van der Waals surface area contributed by atoms with E-state index in [1.807, 2.05) is 30.3 Å². The maximum atomic E-state index is 15.2. The number of H-pyrrole nitrogens is 1. The summed E-state index contributed by atoms with van der Waals surface area (Å²) >= 11 is 0. The number of halogens is 1. The highest BCUT2D eigenvalue weighted by atomic mass is 19.1. The Morgan fingerprint density at radius 1 is 1.19 bits per heavy atom. The number of aromatic nitrogens is 4. The third-order valence-electron chi connectivity index (χ3n) is 5.91. The molecule has 1 saturated carbocycles. The van der Waals surface area contributed by atoms with E-state index in [4.69, 9.17) is 5.73 Å². The van der Waals surface area contributed by atoms with E-state index in [0.29, 0.717) is 5.69 Å². The van der Waals surface area contributed by atoms with Gasteiger partial charge in [0, 0.05) is 35.4 Å². The Morgan fingerprint density at radius 3 is 2.94 bits per heavy atom. The van der Waals surface area contributed by atoms with Crippen molar-refractivity contribution in [2.45, 2.75) is 31.7 Å². The highest BCUT2D eigenvalue weighted by Gasteiger charge is 2.21. The molecule has 1 aromatic carbocycles. The van der Waals surface area contributed by atoms with Gasteiger partial charge in [0.1, 0.15) is 5.82 Å². The van der Waals surface area contributed by atoms with Gasteiger partial charge in [0.2, 0.25) is 0 Å². The predicted molar refractivity (Wildman–Crippen MR) is 123 cm³/mol. The second kappa shape index (κ2) is 8.43. The quantitative estimate of drug-likeness (QED) is 0.420. The predicted octanol–water partition coefficient (Wildman–Crippen LogP) is 3.97. The van der Waals surface area contributed by atoms with Crippen molar-refractivity contribution in [3.63, 3.8) is 0 Å². The minimum atomic E-state index is -0.690. The lowest BCUT2D eigenvalue weighted by Gasteiger charge is -2.25. The molecule has 0 radical (unpaired) electrons. The van der Waals surface area contributed by atoms with Gasteiger partial charge in [0.15, 0.2) is 11.6 Å². The van der Waals surface area contributed by atoms with Crippen molar-refractivity contribution in [1.29, 1.82) is 0 Å². The molecule has 9 heteroatoms. The molecule has 2 atom stereocenters. The Hall–Kier alpha value is -3.72. The van der Waals surface area contributed by atoms with Crippen LogP contribution < -0.4 is 16.6 Å². The number of nitrogens with one attached hydrogen (secondary N) is 2. The van der Waals surface area contributed by atoms with Crippen molar-refractivity contribution in [2.24, 2.45) is 16.6 Å². The van der Waals surface area contributed by atoms with Gasteiger partial charge in [-0.1, -0.05) is 18.9 Å². The molecule has 4 aromatic rings. The number of pyridine rings is 2. The zero-order valence-electron chi connectivity index (χ0n) is 17.3. The molecule has 3 heterocycles. The molecule has 3 aromatic heterocycles. The number of nitrogens with two attached hydrogens (primary N) is 1. The summed E-state index contributed by atoms with van der Waals surface area (Å²) in [6.07, 6.45) is 8.66. The fraction of sp³-hybridized carbons (Fsp3) is 0.261. The van der Waals surface area contributed by atoms with E-state index < -0.39 is 11.4 Å². The molecule has 1 aliphatic carbocycles. The summed E-state index contributed by atoms with van der Waals surface area (Å²) in [6, 6.07) is 9.31. The summed E-state index contributed by atoms with van der Waals surface area (Å²) in [6.45, 7) is 0. The molecule has 1 fully saturated rings. The average Bonchev–Trinajstić information content (AvgIpc) is 2.81. The Kier molecular flexibility index (Phi) is 5.32. The monoisotopic (exact) mass is 431 g/mol. The lowest BCUT2D eigenvalue weighted by Crippen LogP contribution is -2.33. The minimum absolute atomic E-state index is 0.00121. The van der Waals surface area contributed by atoms with Crippen LogP contribution in [0.25, 0.3) is 21.7 Å². The number of aromatic amines is 1. The molecule has 0 saturated heterocycles. The van der Waals surface area contributed by atoms with Gasteiger partial charge in [-0.25, -0.2) is 19.5 Å². The first-order valence-corrected chi connectivity index (χ1v) is 10.6. The van der Waals surface area contributed by atoms with Crippen LogP contribution in [0.4, 0.5) is 21.7 Å². The molecule has 0 aliphatic heterocycles. The van der Waals surface area contributed by atoms with Gasteiger partial charge in [0.05, 0.1) is 22.5 Å². The average molecular weight is 431 g/mol. The van der Waals surface area contributed by atoms with Crippen molar-refractivity contribution in [3.05, 3.63) is 58.9 Å². The van der Waals surface area contributed by atoms with Crippen LogP contribution >= 0.6 is 0 Å². The fourth-order valence-electron chi connectivity index (χ4n) is 4.19. The molecule has 5 rings (SSSR count). The molecule has 162 valence electrons. The van der Waals surface area contributed by atoms with E-state index in [2.05, 4.69) is 30.5 Å². The van der Waals surface area contributed by atoms with Gasteiger partial charge in [-0.2, -0.15) is 5.10 Å². The standard InChI is InChI=1S/C23H22FN7O/c24-20-15-12-28-31-23(32)19(15)21(29-18-9-3-8-17-14(18)6-4-10-26-17)30-22(20)27-11-13-5-1-2-7-16(13)25/h3-4,6,8-13,16H,1-2,5,7,25H2,(H,29,30)(H,31,32)/b27-11+/t13?,16-/m0/s1. The molecule has 0 spiro atoms. The summed E-state index contributed by atoms with van der Waals surface area (Å²) in [7, 11) is 0. The highest BCUT2D eigenvalue weighted by Crippen LogP contribution is 2.32. The Morgan fingerprint density at radius 2 is 2.06 bits per heavy atom. The molecule has 4 N–H and O–H groups in total. The van der Waals surface area contributed by atoms with Gasteiger partial charge >= 0.3 is 0 Å². The lowest BCUT2D eigenvalue weighted by molar-refractivity contribution is 0.385. The first kappa shape index (κ1) is 20.2. The van der Waals surface area contributed by atoms with Gasteiger partial charge < -0.3 is 11.1 Å². The zero-order chi connectivity index (χ0) is 22.1. The largest absolute Gasteiger partial charge is 0.339 e. The third kappa shape index (κ3) is 3.71. The first-order valence-electron chi connectivity index (χ1n) is 10.6. The highest BCUT2D eigenvalue weighted by molar-refractivity contribution is 5.99. The normalized spacial score (nSPS) is 19.1. The van der Waals surface area contributed by atoms with E-state index in [1.54, 1.807) is 12.4 Å². The van der Waals surface area contributed by atoms with Crippen LogP contribution in [-0.4, -0.2) is 32.4 Å². The van der Waals surface area contributed by atoms with E-state index in [9.17, 15) is 4.79 Å². The topological polar surface area (TPSA) is 122 Å². The van der Waals surface area contributed by atoms with Gasteiger partial charge in [0.25, 0.3) is 5.56 Å². The van der Waals surface area contributed by atoms with Gasteiger partial charge in [-0.3, -0.25) is 9.78 Å². The SMILES string of the molecule is N[C@H]1CCCCC1/C=N/c1nc(Nc2cccc3ncccc23)c2c(=O)[nH]ncc2c1F. The fourth-order valence-corrected chi connectivity index (χ4v) is 4.19. The Balaban J connectivity index is 1.63. The Bertz CT molecular complexity index is 1380. The molecule has 0 amide bonds. The number of hydrogen-bond acceptors (Lipinski definition) is 7. The molecule has 1 unspecified atom stereocenters. The number of nitrogens with zero attached hydrogens (tertiary/aromatic N) is 4. The first-order chi connectivity index (χ1) is 15.6. The Labute approximate surface area is 182 Å². The van der Waals surface area contributed by atoms with Crippen LogP contribution in [-0.2, 0) is 0 Å². The summed E-state index contributed by atoms with van der Waals surface area (Å²) < 4.78 is 15.2. The summed E-state index contributed by atoms with van der Waals surface area (Å²) in [5, 5.41) is 10.3. The number of rotatable bonds is 4. The third-order valence-corrected chi connectivity index (χ3v) is 5.91. The maximum Gasteiger partial charge on any atom is 0.275 e. The number of hydrogen-bond donors (Lipinski definition) is 3. The number of aliphatic imine (C=N–C) groups is 1. The number of benzene rings is 1. The molecule has 32 heavy (non-hydrogen) atoms. The van der Waals surface area contributed by atoms with E-state index in [0.717, 1.165) is 36.6 Å². The summed E-state index contributed by atoms with van der Waals surface area (Å²) in [5.41, 5.74) is 7.13. The van der Waals surface area contributed by atoms with Crippen LogP contribution in [0.1, 0.15) is 25.7 Å². The van der Waals surface area contributed by atoms with Gasteiger partial charge in [-0.15, -0.1) is 0 Å². The van der Waals surface area contributed by atoms with E-state index in [-0.39, 0.29) is 34.4 Å². The number of anilines is 2. The van der Waals surface area contributed by atoms with Crippen molar-refractivity contribution < 1.29 is 4.39 Å². The number of fused-ring (bicyclic) bond motifs is 2. The van der Waals surface area contributed by atoms with Crippen LogP contribution in [0.3, 0.4) is 0 Å². The van der Waals surface area contributed by atoms with E-state index in [1.165, 1.54) is 6.20 Å². The van der Waals surface area contributed by atoms with Crippen molar-refractivity contribution in [2.75, 3.05) is 5.32 Å². The maximum absolute atomic E-state index is 15.2. The lowest BCUT2D eigenvalue weighted by atomic mass is 9.86. The van der Waals surface area contributed by atoms with Crippen LogP contribution in [0, 0.1) is 11.7 Å². The van der Waals surface area contributed by atoms with Gasteiger partial charge in [-0.05, 0) is 37.1 Å². The summed E-state index contributed by atoms with van der Waals surface area (Å²) in [5.74, 6) is -0.534. The van der Waals surface area contributed by atoms with Crippen LogP contribution in [0.15, 0.2) is 52.5 Å². The van der Waals surface area contributed by atoms with Crippen LogP contribution in [0.5, 0.6) is 0 Å². The van der Waals surface area contributed by atoms with Crippen molar-refractivity contribution in [3.8, 4) is 0 Å². The second-order valence-electron chi connectivity index (χ2n) is 7.98. The summed E-state index contributed by atoms with van der Waals surface area (Å²) in [4.78, 5) is 25.6. The van der Waals surface area contributed by atoms with Crippen molar-refractivity contribution in [1.82, 2.24) is 20.2 Å². The smallest absolute Gasteiger partial charge is 0.275 e. The molecule has 8 nitrogen and oxygen atoms in total. The van der Waals surface area contributed by atoms with Crippen molar-refractivity contribution >= 4 is 45.2 Å².